The van der Waals surface area contributed by atoms with Crippen molar-refractivity contribution in [3.05, 3.63) is 30.1 Å². The monoisotopic (exact) mass is 290 g/mol. The lowest BCUT2D eigenvalue weighted by molar-refractivity contribution is -0.122. The number of amides is 1. The molecular formula is C15H19FN4O. The van der Waals surface area contributed by atoms with E-state index in [1.807, 2.05) is 6.07 Å². The van der Waals surface area contributed by atoms with E-state index in [0.29, 0.717) is 19.5 Å². The number of hydrogen-bond donors (Lipinski definition) is 1. The van der Waals surface area contributed by atoms with Crippen LogP contribution in [-0.4, -0.2) is 50.1 Å². The first-order valence-electron chi connectivity index (χ1n) is 7.05. The number of nitriles is 1. The molecule has 1 amide bonds. The van der Waals surface area contributed by atoms with Crippen molar-refractivity contribution in [3.63, 3.8) is 0 Å². The van der Waals surface area contributed by atoms with Gasteiger partial charge in [0, 0.05) is 38.4 Å². The van der Waals surface area contributed by atoms with E-state index >= 15 is 0 Å². The topological polar surface area (TPSA) is 59.4 Å². The Morgan fingerprint density at radius 3 is 2.52 bits per heavy atom. The molecule has 1 fully saturated rings. The molecule has 1 saturated heterocycles. The summed E-state index contributed by atoms with van der Waals surface area (Å²) in [6.07, 6.45) is 0.337. The summed E-state index contributed by atoms with van der Waals surface area (Å²) < 4.78 is 12.9. The molecule has 0 atom stereocenters. The fourth-order valence-electron chi connectivity index (χ4n) is 2.33. The Bertz CT molecular complexity index is 503. The highest BCUT2D eigenvalue weighted by molar-refractivity contribution is 5.78. The molecule has 2 rings (SSSR count). The van der Waals surface area contributed by atoms with Crippen LogP contribution in [0.1, 0.15) is 6.42 Å². The van der Waals surface area contributed by atoms with Crippen LogP contribution < -0.4 is 10.2 Å². The fourth-order valence-corrected chi connectivity index (χ4v) is 2.33. The number of piperazine rings is 1. The molecule has 1 aliphatic rings. The first kappa shape index (κ1) is 15.3. The van der Waals surface area contributed by atoms with E-state index in [4.69, 9.17) is 5.26 Å². The van der Waals surface area contributed by atoms with E-state index in [0.717, 1.165) is 31.9 Å². The Morgan fingerprint density at radius 2 is 1.90 bits per heavy atom. The number of carbonyl (C=O) groups excluding carboxylic acids is 1. The summed E-state index contributed by atoms with van der Waals surface area (Å²) >= 11 is 0. The molecule has 6 heteroatoms. The first-order chi connectivity index (χ1) is 10.2. The van der Waals surface area contributed by atoms with Gasteiger partial charge in [-0.1, -0.05) is 0 Å². The molecular weight excluding hydrogens is 271 g/mol. The molecule has 0 radical (unpaired) electrons. The molecule has 1 heterocycles. The molecule has 112 valence electrons. The molecule has 1 aromatic carbocycles. The van der Waals surface area contributed by atoms with E-state index in [1.54, 1.807) is 12.1 Å². The Labute approximate surface area is 123 Å². The van der Waals surface area contributed by atoms with Crippen molar-refractivity contribution in [1.82, 2.24) is 10.2 Å². The zero-order chi connectivity index (χ0) is 15.1. The highest BCUT2D eigenvalue weighted by Crippen LogP contribution is 2.16. The lowest BCUT2D eigenvalue weighted by Gasteiger charge is -2.35. The lowest BCUT2D eigenvalue weighted by atomic mass is 10.2. The minimum absolute atomic E-state index is 0.0412. The third-order valence-corrected chi connectivity index (χ3v) is 3.49. The molecule has 0 saturated carbocycles. The Kier molecular flexibility index (Phi) is 5.52. The third-order valence-electron chi connectivity index (χ3n) is 3.49. The van der Waals surface area contributed by atoms with Crippen molar-refractivity contribution in [2.24, 2.45) is 0 Å². The second kappa shape index (κ2) is 7.60. The van der Waals surface area contributed by atoms with Gasteiger partial charge in [-0.25, -0.2) is 4.39 Å². The highest BCUT2D eigenvalue weighted by atomic mass is 19.1. The molecule has 0 spiro atoms. The van der Waals surface area contributed by atoms with Gasteiger partial charge in [-0.15, -0.1) is 0 Å². The average molecular weight is 290 g/mol. The standard InChI is InChI=1S/C15H19FN4O/c16-13-2-4-14(5-3-13)20-10-8-19(9-11-20)12-15(21)18-7-1-6-17/h2-5H,1,7-12H2,(H,18,21). The van der Waals surface area contributed by atoms with Gasteiger partial charge in [0.15, 0.2) is 0 Å². The van der Waals surface area contributed by atoms with Gasteiger partial charge < -0.3 is 10.2 Å². The second-order valence-electron chi connectivity index (χ2n) is 5.00. The van der Waals surface area contributed by atoms with Gasteiger partial charge in [0.2, 0.25) is 5.91 Å². The number of hydrogen-bond acceptors (Lipinski definition) is 4. The highest BCUT2D eigenvalue weighted by Gasteiger charge is 2.18. The van der Waals surface area contributed by atoms with Crippen LogP contribution in [0.5, 0.6) is 0 Å². The van der Waals surface area contributed by atoms with E-state index in [1.165, 1.54) is 12.1 Å². The van der Waals surface area contributed by atoms with E-state index in [9.17, 15) is 9.18 Å². The van der Waals surface area contributed by atoms with Crippen molar-refractivity contribution in [2.75, 3.05) is 44.2 Å². The van der Waals surface area contributed by atoms with Crippen LogP contribution in [0.2, 0.25) is 0 Å². The zero-order valence-corrected chi connectivity index (χ0v) is 11.9. The van der Waals surface area contributed by atoms with Crippen LogP contribution in [0.3, 0.4) is 0 Å². The number of carbonyl (C=O) groups is 1. The second-order valence-corrected chi connectivity index (χ2v) is 5.00. The Balaban J connectivity index is 1.74. The maximum Gasteiger partial charge on any atom is 0.234 e. The van der Waals surface area contributed by atoms with Crippen LogP contribution in [0.25, 0.3) is 0 Å². The van der Waals surface area contributed by atoms with Crippen LogP contribution in [0.15, 0.2) is 24.3 Å². The number of nitrogens with zero attached hydrogens (tertiary/aromatic N) is 3. The largest absolute Gasteiger partial charge is 0.369 e. The molecule has 1 aliphatic heterocycles. The minimum Gasteiger partial charge on any atom is -0.369 e. The van der Waals surface area contributed by atoms with Gasteiger partial charge in [0.1, 0.15) is 5.82 Å². The van der Waals surface area contributed by atoms with Crippen LogP contribution >= 0.6 is 0 Å². The first-order valence-corrected chi connectivity index (χ1v) is 7.05. The summed E-state index contributed by atoms with van der Waals surface area (Å²) in [6.45, 7) is 3.99. The predicted molar refractivity (Wildman–Crippen MR) is 78.3 cm³/mol. The van der Waals surface area contributed by atoms with E-state index in [2.05, 4.69) is 15.1 Å². The fraction of sp³-hybridized carbons (Fsp3) is 0.467. The summed E-state index contributed by atoms with van der Waals surface area (Å²) in [5, 5.41) is 11.1. The Morgan fingerprint density at radius 1 is 1.24 bits per heavy atom. The van der Waals surface area contributed by atoms with Crippen molar-refractivity contribution in [3.8, 4) is 6.07 Å². The SMILES string of the molecule is N#CCCNC(=O)CN1CCN(c2ccc(F)cc2)CC1. The molecule has 0 unspecified atom stereocenters. The average Bonchev–Trinajstić information content (AvgIpc) is 2.49. The summed E-state index contributed by atoms with van der Waals surface area (Å²) in [7, 11) is 0. The van der Waals surface area contributed by atoms with Crippen LogP contribution in [0.4, 0.5) is 10.1 Å². The Hall–Kier alpha value is -2.13. The van der Waals surface area contributed by atoms with Gasteiger partial charge in [-0.2, -0.15) is 5.26 Å². The number of halogens is 1. The van der Waals surface area contributed by atoms with E-state index in [-0.39, 0.29) is 11.7 Å². The number of benzene rings is 1. The smallest absolute Gasteiger partial charge is 0.234 e. The van der Waals surface area contributed by atoms with Crippen molar-refractivity contribution >= 4 is 11.6 Å². The number of nitrogens with one attached hydrogen (secondary N) is 1. The van der Waals surface area contributed by atoms with E-state index < -0.39 is 0 Å². The quantitative estimate of drug-likeness (QED) is 0.821. The summed E-state index contributed by atoms with van der Waals surface area (Å²) in [6, 6.07) is 8.47. The maximum atomic E-state index is 12.9. The molecule has 1 N–H and O–H groups in total. The minimum atomic E-state index is -0.230. The van der Waals surface area contributed by atoms with Gasteiger partial charge >= 0.3 is 0 Å². The van der Waals surface area contributed by atoms with Crippen LogP contribution in [0, 0.1) is 17.1 Å². The maximum absolute atomic E-state index is 12.9. The molecule has 5 nitrogen and oxygen atoms in total. The summed E-state index contributed by atoms with van der Waals surface area (Å²) in [5.74, 6) is -0.271. The molecule has 1 aromatic rings. The third kappa shape index (κ3) is 4.72. The zero-order valence-electron chi connectivity index (χ0n) is 11.9. The normalized spacial score (nSPS) is 15.5. The van der Waals surface area contributed by atoms with Gasteiger partial charge in [-0.3, -0.25) is 9.69 Å². The summed E-state index contributed by atoms with van der Waals surface area (Å²) in [5.41, 5.74) is 1.01. The number of rotatable bonds is 5. The molecule has 0 aliphatic carbocycles. The molecule has 0 bridgehead atoms. The molecule has 0 aromatic heterocycles. The van der Waals surface area contributed by atoms with Crippen molar-refractivity contribution in [2.45, 2.75) is 6.42 Å². The van der Waals surface area contributed by atoms with Gasteiger partial charge in [-0.05, 0) is 24.3 Å². The van der Waals surface area contributed by atoms with Crippen molar-refractivity contribution in [1.29, 1.82) is 5.26 Å². The van der Waals surface area contributed by atoms with Gasteiger partial charge in [0.05, 0.1) is 19.0 Å². The number of anilines is 1. The van der Waals surface area contributed by atoms with Crippen LogP contribution in [-0.2, 0) is 4.79 Å². The summed E-state index contributed by atoms with van der Waals surface area (Å²) in [4.78, 5) is 15.9. The lowest BCUT2D eigenvalue weighted by Crippen LogP contribution is -2.49. The van der Waals surface area contributed by atoms with Gasteiger partial charge in [0.25, 0.3) is 0 Å². The predicted octanol–water partition coefficient (Wildman–Crippen LogP) is 0.978. The molecule has 21 heavy (non-hydrogen) atoms. The van der Waals surface area contributed by atoms with Crippen molar-refractivity contribution < 1.29 is 9.18 Å².